The Bertz CT molecular complexity index is 1190. The molecule has 0 saturated heterocycles. The molecule has 4 rings (SSSR count). The Kier molecular flexibility index (Phi) is 5.73. The van der Waals surface area contributed by atoms with Crippen molar-refractivity contribution in [2.75, 3.05) is 10.6 Å². The number of thiazole rings is 2. The van der Waals surface area contributed by atoms with E-state index in [0.717, 1.165) is 27.7 Å². The molecular formula is C21H18N4O3S2. The van der Waals surface area contributed by atoms with Crippen molar-refractivity contribution in [3.05, 3.63) is 58.6 Å². The summed E-state index contributed by atoms with van der Waals surface area (Å²) in [6.07, 6.45) is 0.163. The fraction of sp³-hybridized carbons (Fsp3) is 0.143. The minimum atomic E-state index is -0.176. The number of nitrogens with one attached hydrogen (secondary N) is 2. The Balaban J connectivity index is 1.37. The summed E-state index contributed by atoms with van der Waals surface area (Å²) in [6.45, 7) is 3.35. The first-order valence-corrected chi connectivity index (χ1v) is 10.9. The molecule has 2 N–H and O–H groups in total. The number of aryl methyl sites for hydroxylation is 1. The first-order chi connectivity index (χ1) is 14.5. The molecule has 3 heterocycles. The predicted molar refractivity (Wildman–Crippen MR) is 119 cm³/mol. The summed E-state index contributed by atoms with van der Waals surface area (Å²) < 4.78 is 5.57. The lowest BCUT2D eigenvalue weighted by atomic mass is 10.1. The number of amides is 2. The van der Waals surface area contributed by atoms with E-state index in [1.807, 2.05) is 54.1 Å². The van der Waals surface area contributed by atoms with Crippen LogP contribution in [0.4, 0.5) is 10.8 Å². The van der Waals surface area contributed by atoms with Crippen LogP contribution in [0.15, 0.2) is 51.6 Å². The number of anilines is 2. The maximum absolute atomic E-state index is 12.4. The average Bonchev–Trinajstić information content (AvgIpc) is 3.43. The summed E-state index contributed by atoms with van der Waals surface area (Å²) in [6, 6.07) is 11.1. The van der Waals surface area contributed by atoms with Crippen molar-refractivity contribution in [3.8, 4) is 22.0 Å². The Hall–Kier alpha value is -3.30. The van der Waals surface area contributed by atoms with Gasteiger partial charge >= 0.3 is 0 Å². The van der Waals surface area contributed by atoms with E-state index in [-0.39, 0.29) is 18.2 Å². The lowest BCUT2D eigenvalue weighted by molar-refractivity contribution is -0.116. The van der Waals surface area contributed by atoms with Gasteiger partial charge in [0.2, 0.25) is 11.8 Å². The van der Waals surface area contributed by atoms with Crippen LogP contribution in [0.3, 0.4) is 0 Å². The fourth-order valence-electron chi connectivity index (χ4n) is 2.77. The second kappa shape index (κ2) is 8.60. The number of aromatic nitrogens is 2. The zero-order valence-electron chi connectivity index (χ0n) is 16.3. The molecule has 152 valence electrons. The van der Waals surface area contributed by atoms with Gasteiger partial charge in [-0.15, -0.1) is 22.7 Å². The Morgan fingerprint density at radius 3 is 2.50 bits per heavy atom. The minimum absolute atomic E-state index is 0.118. The molecule has 7 nitrogen and oxygen atoms in total. The SMILES string of the molecule is CC(=O)Nc1ccc(-c2csc(NC(=O)Cc3csc(-c4ccc(C)o4)n3)n2)cc1. The molecule has 4 aromatic rings. The highest BCUT2D eigenvalue weighted by molar-refractivity contribution is 7.14. The van der Waals surface area contributed by atoms with Crippen LogP contribution in [0.1, 0.15) is 18.4 Å². The van der Waals surface area contributed by atoms with Crippen LogP contribution in [0, 0.1) is 6.92 Å². The molecule has 0 spiro atoms. The molecule has 0 fully saturated rings. The van der Waals surface area contributed by atoms with Crippen LogP contribution in [-0.4, -0.2) is 21.8 Å². The lowest BCUT2D eigenvalue weighted by Gasteiger charge is -2.03. The van der Waals surface area contributed by atoms with Gasteiger partial charge in [-0.2, -0.15) is 0 Å². The van der Waals surface area contributed by atoms with Crippen molar-refractivity contribution in [2.45, 2.75) is 20.3 Å². The third kappa shape index (κ3) is 4.81. The molecule has 0 aliphatic carbocycles. The third-order valence-corrected chi connectivity index (χ3v) is 5.76. The van der Waals surface area contributed by atoms with Gasteiger partial charge in [0, 0.05) is 28.9 Å². The quantitative estimate of drug-likeness (QED) is 0.443. The largest absolute Gasteiger partial charge is 0.459 e. The summed E-state index contributed by atoms with van der Waals surface area (Å²) in [5.41, 5.74) is 3.07. The van der Waals surface area contributed by atoms with E-state index in [0.29, 0.717) is 16.6 Å². The Morgan fingerprint density at radius 2 is 1.80 bits per heavy atom. The van der Waals surface area contributed by atoms with E-state index in [1.54, 1.807) is 0 Å². The zero-order chi connectivity index (χ0) is 21.1. The minimum Gasteiger partial charge on any atom is -0.459 e. The second-order valence-electron chi connectivity index (χ2n) is 6.58. The molecule has 2 amide bonds. The van der Waals surface area contributed by atoms with Gasteiger partial charge in [-0.3, -0.25) is 9.59 Å². The first kappa shape index (κ1) is 20.0. The van der Waals surface area contributed by atoms with Gasteiger partial charge in [0.15, 0.2) is 15.9 Å². The standard InChI is InChI=1S/C21H18N4O3S2/c1-12-3-8-18(28-12)20-23-16(10-29-20)9-19(27)25-21-24-17(11-30-21)14-4-6-15(7-5-14)22-13(2)26/h3-8,10-11H,9H2,1-2H3,(H,22,26)(H,24,25,27). The number of furan rings is 1. The van der Waals surface area contributed by atoms with Crippen molar-refractivity contribution >= 4 is 45.3 Å². The summed E-state index contributed by atoms with van der Waals surface area (Å²) in [5, 5.41) is 10.6. The number of nitrogens with zero attached hydrogens (tertiary/aromatic N) is 2. The average molecular weight is 439 g/mol. The maximum Gasteiger partial charge on any atom is 0.232 e. The van der Waals surface area contributed by atoms with Gasteiger partial charge in [-0.25, -0.2) is 9.97 Å². The number of hydrogen-bond donors (Lipinski definition) is 2. The van der Waals surface area contributed by atoms with Crippen molar-refractivity contribution in [2.24, 2.45) is 0 Å². The van der Waals surface area contributed by atoms with E-state index < -0.39 is 0 Å². The monoisotopic (exact) mass is 438 g/mol. The molecule has 1 aromatic carbocycles. The molecule has 0 radical (unpaired) electrons. The van der Waals surface area contributed by atoms with Gasteiger partial charge in [-0.1, -0.05) is 12.1 Å². The molecule has 0 atom stereocenters. The third-order valence-electron chi connectivity index (χ3n) is 4.10. The number of carbonyl (C=O) groups is 2. The van der Waals surface area contributed by atoms with E-state index in [1.165, 1.54) is 29.6 Å². The van der Waals surface area contributed by atoms with Crippen molar-refractivity contribution < 1.29 is 14.0 Å². The molecule has 3 aromatic heterocycles. The summed E-state index contributed by atoms with van der Waals surface area (Å²) in [4.78, 5) is 32.4. The second-order valence-corrected chi connectivity index (χ2v) is 8.29. The number of carbonyl (C=O) groups excluding carboxylic acids is 2. The zero-order valence-corrected chi connectivity index (χ0v) is 17.9. The number of benzene rings is 1. The molecule has 0 bridgehead atoms. The predicted octanol–water partition coefficient (Wildman–Crippen LogP) is 4.97. The molecular weight excluding hydrogens is 420 g/mol. The van der Waals surface area contributed by atoms with Crippen LogP contribution in [-0.2, 0) is 16.0 Å². The summed E-state index contributed by atoms with van der Waals surface area (Å²) in [7, 11) is 0. The van der Waals surface area contributed by atoms with Crippen LogP contribution in [0.5, 0.6) is 0 Å². The van der Waals surface area contributed by atoms with E-state index in [2.05, 4.69) is 20.6 Å². The van der Waals surface area contributed by atoms with E-state index in [4.69, 9.17) is 4.42 Å². The number of rotatable bonds is 6. The highest BCUT2D eigenvalue weighted by Gasteiger charge is 2.13. The van der Waals surface area contributed by atoms with Crippen molar-refractivity contribution in [1.82, 2.24) is 9.97 Å². The molecule has 9 heteroatoms. The van der Waals surface area contributed by atoms with Crippen LogP contribution < -0.4 is 10.6 Å². The van der Waals surface area contributed by atoms with Gasteiger partial charge in [0.1, 0.15) is 5.76 Å². The van der Waals surface area contributed by atoms with Crippen molar-refractivity contribution in [1.29, 1.82) is 0 Å². The highest BCUT2D eigenvalue weighted by Crippen LogP contribution is 2.27. The Morgan fingerprint density at radius 1 is 1.00 bits per heavy atom. The van der Waals surface area contributed by atoms with Crippen LogP contribution in [0.2, 0.25) is 0 Å². The molecule has 0 unspecified atom stereocenters. The maximum atomic E-state index is 12.4. The van der Waals surface area contributed by atoms with Gasteiger partial charge in [-0.05, 0) is 31.2 Å². The fourth-order valence-corrected chi connectivity index (χ4v) is 4.29. The highest BCUT2D eigenvalue weighted by atomic mass is 32.1. The van der Waals surface area contributed by atoms with Crippen LogP contribution in [0.25, 0.3) is 22.0 Å². The normalized spacial score (nSPS) is 10.7. The smallest absolute Gasteiger partial charge is 0.232 e. The van der Waals surface area contributed by atoms with E-state index >= 15 is 0 Å². The molecule has 30 heavy (non-hydrogen) atoms. The lowest BCUT2D eigenvalue weighted by Crippen LogP contribution is -2.14. The molecule has 0 saturated carbocycles. The number of hydrogen-bond acceptors (Lipinski definition) is 7. The van der Waals surface area contributed by atoms with Gasteiger partial charge in [0.25, 0.3) is 0 Å². The van der Waals surface area contributed by atoms with E-state index in [9.17, 15) is 9.59 Å². The van der Waals surface area contributed by atoms with Gasteiger partial charge < -0.3 is 15.1 Å². The summed E-state index contributed by atoms with van der Waals surface area (Å²) >= 11 is 2.80. The topological polar surface area (TPSA) is 97.1 Å². The van der Waals surface area contributed by atoms with Crippen LogP contribution >= 0.6 is 22.7 Å². The van der Waals surface area contributed by atoms with Gasteiger partial charge in [0.05, 0.1) is 17.8 Å². The summed E-state index contributed by atoms with van der Waals surface area (Å²) in [5.74, 6) is 1.24. The molecule has 0 aliphatic rings. The Labute approximate surface area is 180 Å². The first-order valence-electron chi connectivity index (χ1n) is 9.11. The molecule has 0 aliphatic heterocycles. The van der Waals surface area contributed by atoms with Crippen molar-refractivity contribution in [3.63, 3.8) is 0 Å².